The minimum absolute atomic E-state index is 0.345. The van der Waals surface area contributed by atoms with Gasteiger partial charge < -0.3 is 9.30 Å². The lowest BCUT2D eigenvalue weighted by Gasteiger charge is -2.08. The van der Waals surface area contributed by atoms with Gasteiger partial charge in [0.25, 0.3) is 5.91 Å². The van der Waals surface area contributed by atoms with Crippen LogP contribution in [0, 0.1) is 11.3 Å². The van der Waals surface area contributed by atoms with Gasteiger partial charge in [0, 0.05) is 34.8 Å². The van der Waals surface area contributed by atoms with Crippen molar-refractivity contribution in [2.45, 2.75) is 6.54 Å². The van der Waals surface area contributed by atoms with Gasteiger partial charge in [-0.1, -0.05) is 36.4 Å². The van der Waals surface area contributed by atoms with Gasteiger partial charge in [0.1, 0.15) is 5.75 Å². The number of halogens is 2. The van der Waals surface area contributed by atoms with Gasteiger partial charge in [-0.15, -0.1) is 0 Å². The van der Waals surface area contributed by atoms with Crippen molar-refractivity contribution in [1.29, 1.82) is 5.26 Å². The first-order valence-corrected chi connectivity index (χ1v) is 11.5. The predicted molar refractivity (Wildman–Crippen MR) is 136 cm³/mol. The van der Waals surface area contributed by atoms with Crippen molar-refractivity contribution in [3.63, 3.8) is 0 Å². The van der Waals surface area contributed by atoms with E-state index in [2.05, 4.69) is 53.0 Å². The van der Waals surface area contributed by atoms with E-state index in [1.807, 2.05) is 54.7 Å². The summed E-state index contributed by atoms with van der Waals surface area (Å²) in [7, 11) is 1.56. The molecule has 0 spiro atoms. The van der Waals surface area contributed by atoms with Crippen LogP contribution < -0.4 is 10.2 Å². The molecule has 6 nitrogen and oxygen atoms in total. The molecule has 0 atom stereocenters. The van der Waals surface area contributed by atoms with E-state index in [1.54, 1.807) is 25.5 Å². The molecule has 8 heteroatoms. The Labute approximate surface area is 207 Å². The van der Waals surface area contributed by atoms with Crippen molar-refractivity contribution in [2.75, 3.05) is 7.11 Å². The Morgan fingerprint density at radius 2 is 1.85 bits per heavy atom. The fourth-order valence-electron chi connectivity index (χ4n) is 3.57. The first-order valence-electron chi connectivity index (χ1n) is 9.94. The summed E-state index contributed by atoms with van der Waals surface area (Å²) in [6.45, 7) is 0.554. The Bertz CT molecular complexity index is 1400. The van der Waals surface area contributed by atoms with Crippen LogP contribution in [0.5, 0.6) is 5.75 Å². The van der Waals surface area contributed by atoms with Crippen LogP contribution in [0.15, 0.2) is 80.9 Å². The molecule has 164 valence electrons. The largest absolute Gasteiger partial charge is 0.494 e. The van der Waals surface area contributed by atoms with Crippen LogP contribution in [0.1, 0.15) is 27.0 Å². The molecule has 0 unspecified atom stereocenters. The van der Waals surface area contributed by atoms with E-state index >= 15 is 0 Å². The van der Waals surface area contributed by atoms with E-state index < -0.39 is 0 Å². The summed E-state index contributed by atoms with van der Waals surface area (Å²) in [6.07, 6.45) is 3.59. The third-order valence-corrected chi connectivity index (χ3v) is 6.31. The lowest BCUT2D eigenvalue weighted by Crippen LogP contribution is -2.17. The number of nitrogens with one attached hydrogen (secondary N) is 1. The normalized spacial score (nSPS) is 11.0. The van der Waals surface area contributed by atoms with E-state index in [0.29, 0.717) is 32.4 Å². The molecule has 33 heavy (non-hydrogen) atoms. The van der Waals surface area contributed by atoms with Crippen molar-refractivity contribution in [2.24, 2.45) is 5.10 Å². The summed E-state index contributed by atoms with van der Waals surface area (Å²) in [4.78, 5) is 12.6. The first kappa shape index (κ1) is 22.8. The van der Waals surface area contributed by atoms with Crippen LogP contribution in [-0.4, -0.2) is 23.8 Å². The number of ether oxygens (including phenoxy) is 1. The lowest BCUT2D eigenvalue weighted by molar-refractivity contribution is 0.0955. The molecule has 0 aliphatic carbocycles. The molecule has 3 aromatic carbocycles. The van der Waals surface area contributed by atoms with Crippen molar-refractivity contribution in [3.8, 4) is 11.8 Å². The Hall–Kier alpha value is -3.41. The molecule has 4 aromatic rings. The molecule has 1 heterocycles. The van der Waals surface area contributed by atoms with Gasteiger partial charge in [-0.3, -0.25) is 4.79 Å². The van der Waals surface area contributed by atoms with Crippen LogP contribution in [0.2, 0.25) is 0 Å². The Morgan fingerprint density at radius 1 is 1.15 bits per heavy atom. The van der Waals surface area contributed by atoms with Gasteiger partial charge in [-0.25, -0.2) is 5.43 Å². The minimum atomic E-state index is -0.345. The summed E-state index contributed by atoms with van der Waals surface area (Å²) < 4.78 is 8.67. The quantitative estimate of drug-likeness (QED) is 0.235. The van der Waals surface area contributed by atoms with Gasteiger partial charge >= 0.3 is 0 Å². The maximum absolute atomic E-state index is 12.6. The highest BCUT2D eigenvalue weighted by Crippen LogP contribution is 2.34. The summed E-state index contributed by atoms with van der Waals surface area (Å²) in [5, 5.41) is 14.6. The molecule has 1 aromatic heterocycles. The highest BCUT2D eigenvalue weighted by Gasteiger charge is 2.13. The number of rotatable bonds is 6. The smallest absolute Gasteiger partial charge is 0.271 e. The van der Waals surface area contributed by atoms with Crippen molar-refractivity contribution < 1.29 is 9.53 Å². The Balaban J connectivity index is 1.58. The fourth-order valence-corrected chi connectivity index (χ4v) is 5.08. The first-order chi connectivity index (χ1) is 16.0. The highest BCUT2D eigenvalue weighted by atomic mass is 79.9. The maximum atomic E-state index is 12.6. The van der Waals surface area contributed by atoms with Gasteiger partial charge in [0.2, 0.25) is 0 Å². The van der Waals surface area contributed by atoms with Gasteiger partial charge in [0.15, 0.2) is 0 Å². The van der Waals surface area contributed by atoms with Gasteiger partial charge in [-0.05, 0) is 61.7 Å². The molecule has 0 saturated heterocycles. The molecule has 0 bridgehead atoms. The van der Waals surface area contributed by atoms with Crippen molar-refractivity contribution in [3.05, 3.63) is 98.1 Å². The number of nitriles is 1. The maximum Gasteiger partial charge on any atom is 0.271 e. The lowest BCUT2D eigenvalue weighted by atomic mass is 10.1. The number of hydrazone groups is 1. The van der Waals surface area contributed by atoms with Crippen LogP contribution in [-0.2, 0) is 6.54 Å². The summed E-state index contributed by atoms with van der Waals surface area (Å²) >= 11 is 6.80. The number of para-hydroxylation sites is 1. The summed E-state index contributed by atoms with van der Waals surface area (Å²) in [5.41, 5.74) is 6.47. The third kappa shape index (κ3) is 4.85. The molecule has 0 aliphatic heterocycles. The zero-order chi connectivity index (χ0) is 23.4. The van der Waals surface area contributed by atoms with Crippen LogP contribution >= 0.6 is 31.9 Å². The topological polar surface area (TPSA) is 79.4 Å². The minimum Gasteiger partial charge on any atom is -0.494 e. The molecular formula is C25H18Br2N4O2. The monoisotopic (exact) mass is 564 g/mol. The zero-order valence-electron chi connectivity index (χ0n) is 17.5. The number of carbonyl (C=O) groups is 1. The van der Waals surface area contributed by atoms with Crippen molar-refractivity contribution >= 4 is 54.9 Å². The zero-order valence-corrected chi connectivity index (χ0v) is 20.7. The molecule has 0 saturated carbocycles. The van der Waals surface area contributed by atoms with E-state index in [4.69, 9.17) is 4.74 Å². The van der Waals surface area contributed by atoms with Crippen LogP contribution in [0.3, 0.4) is 0 Å². The summed E-state index contributed by atoms with van der Waals surface area (Å²) in [5.74, 6) is 0.267. The number of nitrogens with zero attached hydrogens (tertiary/aromatic N) is 3. The number of hydrogen-bond acceptors (Lipinski definition) is 4. The fraction of sp³-hybridized carbons (Fsp3) is 0.0800. The van der Waals surface area contributed by atoms with E-state index in [0.717, 1.165) is 22.0 Å². The molecule has 1 amide bonds. The SMILES string of the molecule is COc1c(Br)cc(C(=O)N/N=C\c2cn(Cc3ccccc3C#N)c3ccccc23)cc1Br. The predicted octanol–water partition coefficient (Wildman–Crippen LogP) is 5.86. The average molecular weight is 566 g/mol. The Kier molecular flexibility index (Phi) is 6.92. The number of methoxy groups -OCH3 is 1. The number of amides is 1. The second-order valence-electron chi connectivity index (χ2n) is 7.17. The molecule has 0 fully saturated rings. The number of fused-ring (bicyclic) bond motifs is 1. The van der Waals surface area contributed by atoms with Gasteiger partial charge in [-0.2, -0.15) is 10.4 Å². The van der Waals surface area contributed by atoms with E-state index in [-0.39, 0.29) is 5.91 Å². The second kappa shape index (κ2) is 10.0. The molecule has 4 rings (SSSR count). The van der Waals surface area contributed by atoms with E-state index in [9.17, 15) is 10.1 Å². The second-order valence-corrected chi connectivity index (χ2v) is 8.88. The molecule has 1 N–H and O–H groups in total. The Morgan fingerprint density at radius 3 is 2.58 bits per heavy atom. The standard InChI is InChI=1S/C25H18Br2N4O2/c1-33-24-21(26)10-18(11-22(24)27)25(32)30-29-13-19-15-31(23-9-5-4-8-20(19)23)14-17-7-3-2-6-16(17)12-28/h2-11,13,15H,14H2,1H3,(H,30,32)/b29-13-. The number of aromatic nitrogens is 1. The molecular weight excluding hydrogens is 548 g/mol. The van der Waals surface area contributed by atoms with Crippen molar-refractivity contribution in [1.82, 2.24) is 9.99 Å². The average Bonchev–Trinajstić information content (AvgIpc) is 3.16. The highest BCUT2D eigenvalue weighted by molar-refractivity contribution is 9.11. The summed E-state index contributed by atoms with van der Waals surface area (Å²) in [6, 6.07) is 21.1. The molecule has 0 radical (unpaired) electrons. The number of benzene rings is 3. The molecule has 0 aliphatic rings. The van der Waals surface area contributed by atoms with E-state index in [1.165, 1.54) is 0 Å². The van der Waals surface area contributed by atoms with Crippen LogP contribution in [0.25, 0.3) is 10.9 Å². The van der Waals surface area contributed by atoms with Gasteiger partial charge in [0.05, 0.1) is 33.9 Å². The van der Waals surface area contributed by atoms with Crippen LogP contribution in [0.4, 0.5) is 0 Å². The number of carbonyl (C=O) groups excluding carboxylic acids is 1. The number of hydrogen-bond donors (Lipinski definition) is 1. The third-order valence-electron chi connectivity index (χ3n) is 5.13.